The molecule has 7 nitrogen and oxygen atoms in total. The third-order valence-electron chi connectivity index (χ3n) is 6.44. The molecule has 0 heterocycles. The Hall–Kier alpha value is -3.84. The molecule has 0 aliphatic rings. The van der Waals surface area contributed by atoms with Crippen molar-refractivity contribution in [2.24, 2.45) is 0 Å². The summed E-state index contributed by atoms with van der Waals surface area (Å²) in [6, 6.07) is 24.2. The van der Waals surface area contributed by atoms with E-state index in [-0.39, 0.29) is 18.9 Å². The Bertz CT molecular complexity index is 1200. The zero-order valence-electron chi connectivity index (χ0n) is 24.1. The van der Waals surface area contributed by atoms with Gasteiger partial charge in [0.1, 0.15) is 11.4 Å². The monoisotopic (exact) mass is 546 g/mol. The van der Waals surface area contributed by atoms with E-state index in [2.05, 4.69) is 10.6 Å². The van der Waals surface area contributed by atoms with Crippen LogP contribution in [-0.2, 0) is 22.4 Å². The van der Waals surface area contributed by atoms with Gasteiger partial charge in [-0.1, -0.05) is 78.9 Å². The maximum Gasteiger partial charge on any atom is 0.407 e. The minimum Gasteiger partial charge on any atom is -0.483 e. The van der Waals surface area contributed by atoms with E-state index >= 15 is 0 Å². The van der Waals surface area contributed by atoms with Crippen LogP contribution in [0, 0.1) is 13.8 Å². The fourth-order valence-electron chi connectivity index (χ4n) is 4.59. The highest BCUT2D eigenvalue weighted by Crippen LogP contribution is 2.22. The molecule has 0 aliphatic carbocycles. The molecule has 0 bridgehead atoms. The van der Waals surface area contributed by atoms with E-state index in [0.717, 1.165) is 22.3 Å². The van der Waals surface area contributed by atoms with Gasteiger partial charge in [0.15, 0.2) is 6.61 Å². The molecule has 3 rings (SSSR count). The predicted molar refractivity (Wildman–Crippen MR) is 157 cm³/mol. The maximum absolute atomic E-state index is 13.0. The molecule has 0 fully saturated rings. The third kappa shape index (κ3) is 10.4. The number of hydrogen-bond acceptors (Lipinski definition) is 5. The normalized spacial score (nSPS) is 13.6. The Labute approximate surface area is 237 Å². The summed E-state index contributed by atoms with van der Waals surface area (Å²) in [4.78, 5) is 25.7. The first-order valence-electron chi connectivity index (χ1n) is 13.7. The molecule has 214 valence electrons. The first-order chi connectivity index (χ1) is 19.0. The van der Waals surface area contributed by atoms with Crippen LogP contribution in [-0.4, -0.2) is 47.5 Å². The molecule has 0 spiro atoms. The summed E-state index contributed by atoms with van der Waals surface area (Å²) in [5, 5.41) is 17.3. The molecule has 7 heteroatoms. The van der Waals surface area contributed by atoms with Crippen LogP contribution >= 0.6 is 0 Å². The number of para-hydroxylation sites is 1. The average molecular weight is 547 g/mol. The third-order valence-corrected chi connectivity index (χ3v) is 6.44. The summed E-state index contributed by atoms with van der Waals surface area (Å²) in [5.41, 5.74) is 3.24. The number of ether oxygens (including phenoxy) is 2. The van der Waals surface area contributed by atoms with Crippen molar-refractivity contribution < 1.29 is 24.2 Å². The number of aliphatic hydroxyl groups is 1. The Balaban J connectivity index is 1.74. The van der Waals surface area contributed by atoms with E-state index in [1.807, 2.05) is 92.7 Å². The highest BCUT2D eigenvalue weighted by Gasteiger charge is 2.28. The zero-order valence-corrected chi connectivity index (χ0v) is 24.1. The van der Waals surface area contributed by atoms with Crippen LogP contribution in [0.4, 0.5) is 4.79 Å². The van der Waals surface area contributed by atoms with Crippen molar-refractivity contribution in [3.05, 3.63) is 101 Å². The van der Waals surface area contributed by atoms with Crippen LogP contribution in [0.3, 0.4) is 0 Å². The van der Waals surface area contributed by atoms with Crippen LogP contribution in [0.15, 0.2) is 78.9 Å². The van der Waals surface area contributed by atoms with Gasteiger partial charge in [-0.15, -0.1) is 0 Å². The summed E-state index contributed by atoms with van der Waals surface area (Å²) in [6.07, 6.45) is -0.372. The second-order valence-corrected chi connectivity index (χ2v) is 11.2. The van der Waals surface area contributed by atoms with E-state index in [0.29, 0.717) is 18.6 Å². The molecule has 0 unspecified atom stereocenters. The number of aryl methyl sites for hydroxylation is 2. The second-order valence-electron chi connectivity index (χ2n) is 11.2. The lowest BCUT2D eigenvalue weighted by Gasteiger charge is -2.29. The van der Waals surface area contributed by atoms with E-state index in [1.165, 1.54) is 0 Å². The molecule has 0 aromatic heterocycles. The van der Waals surface area contributed by atoms with Crippen molar-refractivity contribution in [1.29, 1.82) is 0 Å². The van der Waals surface area contributed by atoms with Crippen LogP contribution in [0.2, 0.25) is 0 Å². The molecule has 0 radical (unpaired) electrons. The van der Waals surface area contributed by atoms with Crippen LogP contribution in [0.5, 0.6) is 5.75 Å². The molecule has 0 saturated heterocycles. The van der Waals surface area contributed by atoms with Gasteiger partial charge in [-0.05, 0) is 76.1 Å². The Kier molecular flexibility index (Phi) is 11.1. The van der Waals surface area contributed by atoms with Gasteiger partial charge in [-0.25, -0.2) is 4.79 Å². The maximum atomic E-state index is 13.0. The molecule has 0 saturated carbocycles. The minimum absolute atomic E-state index is 0.173. The van der Waals surface area contributed by atoms with Gasteiger partial charge in [0.25, 0.3) is 5.91 Å². The van der Waals surface area contributed by atoms with Crippen molar-refractivity contribution in [2.45, 2.75) is 77.7 Å². The molecule has 3 aromatic rings. The smallest absolute Gasteiger partial charge is 0.407 e. The van der Waals surface area contributed by atoms with Gasteiger partial charge >= 0.3 is 6.09 Å². The summed E-state index contributed by atoms with van der Waals surface area (Å²) in [7, 11) is 0. The molecule has 3 aromatic carbocycles. The van der Waals surface area contributed by atoms with Gasteiger partial charge in [-0.2, -0.15) is 0 Å². The van der Waals surface area contributed by atoms with E-state index in [1.54, 1.807) is 20.8 Å². The number of hydrogen-bond donors (Lipinski definition) is 3. The second kappa shape index (κ2) is 14.5. The van der Waals surface area contributed by atoms with Crippen molar-refractivity contribution in [3.63, 3.8) is 0 Å². The number of alkyl carbamates (subject to hydrolysis) is 1. The summed E-state index contributed by atoms with van der Waals surface area (Å²) in [6.45, 7) is 9.12. The van der Waals surface area contributed by atoms with E-state index < -0.39 is 29.9 Å². The summed E-state index contributed by atoms with van der Waals surface area (Å²) < 4.78 is 11.3. The summed E-state index contributed by atoms with van der Waals surface area (Å²) in [5.74, 6) is 0.352. The molecular weight excluding hydrogens is 504 g/mol. The van der Waals surface area contributed by atoms with Gasteiger partial charge in [0.2, 0.25) is 0 Å². The SMILES string of the molecule is Cc1cccc(C)c1OCC(=O)N[C@H](Cc1ccccc1)[C@H](O)C[C@@H](Cc1ccccc1)NC(=O)OC(C)(C)C. The first-order valence-corrected chi connectivity index (χ1v) is 13.7. The van der Waals surface area contributed by atoms with Gasteiger partial charge in [0, 0.05) is 6.04 Å². The summed E-state index contributed by atoms with van der Waals surface area (Å²) >= 11 is 0. The van der Waals surface area contributed by atoms with E-state index in [9.17, 15) is 14.7 Å². The number of rotatable bonds is 12. The molecule has 2 amide bonds. The van der Waals surface area contributed by atoms with Crippen LogP contribution < -0.4 is 15.4 Å². The lowest BCUT2D eigenvalue weighted by atomic mass is 9.93. The van der Waals surface area contributed by atoms with Crippen molar-refractivity contribution >= 4 is 12.0 Å². The first kappa shape index (κ1) is 30.7. The topological polar surface area (TPSA) is 96.9 Å². The minimum atomic E-state index is -0.951. The van der Waals surface area contributed by atoms with Crippen molar-refractivity contribution in [1.82, 2.24) is 10.6 Å². The number of aliphatic hydroxyl groups excluding tert-OH is 1. The Morgan fingerprint density at radius 3 is 1.90 bits per heavy atom. The average Bonchev–Trinajstić information content (AvgIpc) is 2.88. The van der Waals surface area contributed by atoms with E-state index in [4.69, 9.17) is 9.47 Å². The molecule has 40 heavy (non-hydrogen) atoms. The van der Waals surface area contributed by atoms with Crippen molar-refractivity contribution in [2.75, 3.05) is 6.61 Å². The predicted octanol–water partition coefficient (Wildman–Crippen LogP) is 5.30. The molecule has 3 atom stereocenters. The number of benzene rings is 3. The highest BCUT2D eigenvalue weighted by molar-refractivity contribution is 5.78. The Morgan fingerprint density at radius 1 is 0.800 bits per heavy atom. The quantitative estimate of drug-likeness (QED) is 0.287. The van der Waals surface area contributed by atoms with Gasteiger partial charge < -0.3 is 25.2 Å². The number of amides is 2. The zero-order chi connectivity index (χ0) is 29.1. The van der Waals surface area contributed by atoms with Crippen LogP contribution in [0.25, 0.3) is 0 Å². The molecular formula is C33H42N2O5. The van der Waals surface area contributed by atoms with Gasteiger partial charge in [-0.3, -0.25) is 4.79 Å². The number of carbonyl (C=O) groups excluding carboxylic acids is 2. The fraction of sp³-hybridized carbons (Fsp3) is 0.394. The standard InChI is InChI=1S/C33H42N2O5/c1-23-13-12-14-24(2)31(23)39-22-30(37)35-28(20-26-17-10-7-11-18-26)29(36)21-27(19-25-15-8-6-9-16-25)34-32(38)40-33(3,4)5/h6-18,27-29,36H,19-22H2,1-5H3,(H,34,38)(H,35,37)/t27-,28-,29-/m1/s1. The molecule has 3 N–H and O–H groups in total. The number of nitrogens with one attached hydrogen (secondary N) is 2. The lowest BCUT2D eigenvalue weighted by molar-refractivity contribution is -0.124. The number of carbonyl (C=O) groups is 2. The van der Waals surface area contributed by atoms with Crippen molar-refractivity contribution in [3.8, 4) is 5.75 Å². The highest BCUT2D eigenvalue weighted by atomic mass is 16.6. The molecule has 0 aliphatic heterocycles. The largest absolute Gasteiger partial charge is 0.483 e. The Morgan fingerprint density at radius 2 is 1.35 bits per heavy atom. The lowest BCUT2D eigenvalue weighted by Crippen LogP contribution is -2.50. The fourth-order valence-corrected chi connectivity index (χ4v) is 4.59. The van der Waals surface area contributed by atoms with Gasteiger partial charge in [0.05, 0.1) is 12.1 Å². The van der Waals surface area contributed by atoms with Crippen LogP contribution in [0.1, 0.15) is 49.4 Å².